The molecule has 0 spiro atoms. The fraction of sp³-hybridized carbons (Fsp3) is 0.333. The SMILES string of the molecule is N#Cc1ccc(N(CC(=O)O)C2CC2)cc1[N+](=O)[O-]. The lowest BCUT2D eigenvalue weighted by molar-refractivity contribution is -0.385. The summed E-state index contributed by atoms with van der Waals surface area (Å²) in [4.78, 5) is 22.7. The smallest absolute Gasteiger partial charge is 0.323 e. The third-order valence-corrected chi connectivity index (χ3v) is 2.92. The average molecular weight is 261 g/mol. The number of hydrogen-bond donors (Lipinski definition) is 1. The minimum Gasteiger partial charge on any atom is -0.480 e. The van der Waals surface area contributed by atoms with Crippen molar-refractivity contribution in [1.82, 2.24) is 0 Å². The van der Waals surface area contributed by atoms with Gasteiger partial charge in [-0.1, -0.05) is 0 Å². The van der Waals surface area contributed by atoms with Crippen molar-refractivity contribution in [2.75, 3.05) is 11.4 Å². The number of rotatable bonds is 5. The van der Waals surface area contributed by atoms with Gasteiger partial charge in [0.05, 0.1) is 4.92 Å². The Kier molecular flexibility index (Phi) is 3.33. The molecule has 1 saturated carbocycles. The second-order valence-corrected chi connectivity index (χ2v) is 4.32. The van der Waals surface area contributed by atoms with Gasteiger partial charge in [0.25, 0.3) is 5.69 Å². The molecule has 0 amide bonds. The van der Waals surface area contributed by atoms with Crippen molar-refractivity contribution >= 4 is 17.3 Å². The Morgan fingerprint density at radius 1 is 1.58 bits per heavy atom. The van der Waals surface area contributed by atoms with Crippen LogP contribution in [0.2, 0.25) is 0 Å². The Morgan fingerprint density at radius 2 is 2.26 bits per heavy atom. The third-order valence-electron chi connectivity index (χ3n) is 2.92. The van der Waals surface area contributed by atoms with Gasteiger partial charge in [0.2, 0.25) is 0 Å². The van der Waals surface area contributed by atoms with Gasteiger partial charge in [-0.05, 0) is 25.0 Å². The molecule has 98 valence electrons. The molecule has 1 aromatic carbocycles. The van der Waals surface area contributed by atoms with Crippen LogP contribution in [0.1, 0.15) is 18.4 Å². The molecule has 0 aromatic heterocycles. The molecular weight excluding hydrogens is 250 g/mol. The number of aliphatic carboxylic acids is 1. The minimum absolute atomic E-state index is 0.0279. The Balaban J connectivity index is 2.38. The second kappa shape index (κ2) is 4.94. The molecule has 1 N–H and O–H groups in total. The summed E-state index contributed by atoms with van der Waals surface area (Å²) in [6.45, 7) is -0.201. The van der Waals surface area contributed by atoms with E-state index in [9.17, 15) is 14.9 Å². The molecular formula is C12H11N3O4. The molecule has 1 fully saturated rings. The lowest BCUT2D eigenvalue weighted by Gasteiger charge is -2.22. The summed E-state index contributed by atoms with van der Waals surface area (Å²) >= 11 is 0. The van der Waals surface area contributed by atoms with E-state index in [2.05, 4.69) is 0 Å². The number of carboxylic acids is 1. The zero-order valence-electron chi connectivity index (χ0n) is 9.94. The van der Waals surface area contributed by atoms with Crippen LogP contribution in [0.4, 0.5) is 11.4 Å². The van der Waals surface area contributed by atoms with Gasteiger partial charge in [-0.15, -0.1) is 0 Å². The molecule has 0 saturated heterocycles. The fourth-order valence-corrected chi connectivity index (χ4v) is 1.91. The van der Waals surface area contributed by atoms with Crippen LogP contribution in [0, 0.1) is 21.4 Å². The van der Waals surface area contributed by atoms with E-state index >= 15 is 0 Å². The van der Waals surface area contributed by atoms with E-state index in [0.29, 0.717) is 5.69 Å². The van der Waals surface area contributed by atoms with E-state index in [-0.39, 0.29) is 23.8 Å². The maximum absolute atomic E-state index is 10.9. The van der Waals surface area contributed by atoms with Crippen molar-refractivity contribution < 1.29 is 14.8 Å². The Labute approximate surface area is 108 Å². The number of carbonyl (C=O) groups is 1. The quantitative estimate of drug-likeness (QED) is 0.636. The standard InChI is InChI=1S/C12H11N3O4/c13-6-8-1-2-10(5-11(8)15(18)19)14(7-12(16)17)9-3-4-9/h1-2,5,9H,3-4,7H2,(H,16,17). The largest absolute Gasteiger partial charge is 0.480 e. The van der Waals surface area contributed by atoms with Crippen LogP contribution in [-0.2, 0) is 4.79 Å². The van der Waals surface area contributed by atoms with E-state index in [4.69, 9.17) is 10.4 Å². The first-order valence-corrected chi connectivity index (χ1v) is 5.70. The molecule has 7 heteroatoms. The predicted octanol–water partition coefficient (Wildman–Crippen LogP) is 1.52. The molecule has 1 aromatic rings. The van der Waals surface area contributed by atoms with E-state index in [1.54, 1.807) is 17.0 Å². The van der Waals surface area contributed by atoms with Gasteiger partial charge >= 0.3 is 5.97 Å². The van der Waals surface area contributed by atoms with E-state index in [0.717, 1.165) is 12.8 Å². The van der Waals surface area contributed by atoms with Crippen LogP contribution in [-0.4, -0.2) is 28.6 Å². The van der Waals surface area contributed by atoms with Gasteiger partial charge in [0.1, 0.15) is 18.2 Å². The molecule has 7 nitrogen and oxygen atoms in total. The number of benzene rings is 1. The first-order valence-electron chi connectivity index (χ1n) is 5.70. The summed E-state index contributed by atoms with van der Waals surface area (Å²) in [6, 6.07) is 6.03. The van der Waals surface area contributed by atoms with Crippen molar-refractivity contribution in [2.24, 2.45) is 0 Å². The average Bonchev–Trinajstić information content (AvgIpc) is 3.19. The number of nitro benzene ring substituents is 1. The van der Waals surface area contributed by atoms with Crippen LogP contribution in [0.3, 0.4) is 0 Å². The zero-order chi connectivity index (χ0) is 14.0. The maximum Gasteiger partial charge on any atom is 0.323 e. The number of anilines is 1. The van der Waals surface area contributed by atoms with Crippen molar-refractivity contribution in [3.05, 3.63) is 33.9 Å². The molecule has 0 unspecified atom stereocenters. The van der Waals surface area contributed by atoms with Gasteiger partial charge in [-0.3, -0.25) is 14.9 Å². The van der Waals surface area contributed by atoms with Crippen molar-refractivity contribution in [1.29, 1.82) is 5.26 Å². The van der Waals surface area contributed by atoms with Crippen molar-refractivity contribution in [3.63, 3.8) is 0 Å². The number of carboxylic acid groups (broad SMARTS) is 1. The van der Waals surface area contributed by atoms with Gasteiger partial charge < -0.3 is 10.0 Å². The molecule has 0 radical (unpaired) electrons. The summed E-state index contributed by atoms with van der Waals surface area (Å²) in [5.41, 5.74) is 0.145. The number of nitro groups is 1. The lowest BCUT2D eigenvalue weighted by Crippen LogP contribution is -2.31. The molecule has 0 atom stereocenters. The van der Waals surface area contributed by atoms with E-state index in [1.165, 1.54) is 12.1 Å². The molecule has 19 heavy (non-hydrogen) atoms. The summed E-state index contributed by atoms with van der Waals surface area (Å²) in [5, 5.41) is 28.6. The first-order chi connectivity index (χ1) is 9.02. The lowest BCUT2D eigenvalue weighted by atomic mass is 10.1. The number of hydrogen-bond acceptors (Lipinski definition) is 5. The predicted molar refractivity (Wildman–Crippen MR) is 65.8 cm³/mol. The molecule has 1 aliphatic rings. The summed E-state index contributed by atoms with van der Waals surface area (Å²) < 4.78 is 0. The maximum atomic E-state index is 10.9. The summed E-state index contributed by atoms with van der Waals surface area (Å²) in [5.74, 6) is -0.987. The molecule has 0 bridgehead atoms. The van der Waals surface area contributed by atoms with Gasteiger partial charge in [-0.2, -0.15) is 5.26 Å². The van der Waals surface area contributed by atoms with Crippen LogP contribution in [0.15, 0.2) is 18.2 Å². The van der Waals surface area contributed by atoms with E-state index < -0.39 is 10.9 Å². The Hall–Kier alpha value is -2.62. The van der Waals surface area contributed by atoms with Crippen LogP contribution >= 0.6 is 0 Å². The minimum atomic E-state index is -0.987. The van der Waals surface area contributed by atoms with Gasteiger partial charge in [-0.25, -0.2) is 0 Å². The van der Waals surface area contributed by atoms with Gasteiger partial charge in [0, 0.05) is 17.8 Å². The Morgan fingerprint density at radius 3 is 2.74 bits per heavy atom. The Bertz CT molecular complexity index is 575. The normalized spacial score (nSPS) is 13.6. The second-order valence-electron chi connectivity index (χ2n) is 4.32. The summed E-state index contributed by atoms with van der Waals surface area (Å²) in [6.07, 6.45) is 1.75. The van der Waals surface area contributed by atoms with Crippen LogP contribution in [0.5, 0.6) is 0 Å². The number of nitriles is 1. The van der Waals surface area contributed by atoms with Crippen LogP contribution in [0.25, 0.3) is 0 Å². The zero-order valence-corrected chi connectivity index (χ0v) is 9.94. The van der Waals surface area contributed by atoms with Crippen molar-refractivity contribution in [3.8, 4) is 6.07 Å². The highest BCUT2D eigenvalue weighted by Gasteiger charge is 2.31. The highest BCUT2D eigenvalue weighted by Crippen LogP contribution is 2.33. The van der Waals surface area contributed by atoms with Gasteiger partial charge in [0.15, 0.2) is 0 Å². The fourth-order valence-electron chi connectivity index (χ4n) is 1.91. The first kappa shape index (κ1) is 12.8. The molecule has 1 aliphatic carbocycles. The number of nitrogens with zero attached hydrogens (tertiary/aromatic N) is 3. The third kappa shape index (κ3) is 2.80. The summed E-state index contributed by atoms with van der Waals surface area (Å²) in [7, 11) is 0. The van der Waals surface area contributed by atoms with E-state index in [1.807, 2.05) is 0 Å². The highest BCUT2D eigenvalue weighted by molar-refractivity contribution is 5.75. The topological polar surface area (TPSA) is 107 Å². The highest BCUT2D eigenvalue weighted by atomic mass is 16.6. The van der Waals surface area contributed by atoms with Crippen molar-refractivity contribution in [2.45, 2.75) is 18.9 Å². The molecule has 0 heterocycles. The molecule has 0 aliphatic heterocycles. The monoisotopic (exact) mass is 261 g/mol. The molecule has 2 rings (SSSR count). The van der Waals surface area contributed by atoms with Crippen LogP contribution < -0.4 is 4.90 Å².